The summed E-state index contributed by atoms with van der Waals surface area (Å²) in [4.78, 5) is 25.7. The number of fused-ring (bicyclic) bond motifs is 4. The van der Waals surface area contributed by atoms with Crippen LogP contribution in [-0.2, 0) is 6.61 Å². The number of ketones is 2. The first-order valence-electron chi connectivity index (χ1n) is 7.21. The average molecular weight is 304 g/mol. The first kappa shape index (κ1) is 13.7. The van der Waals surface area contributed by atoms with Gasteiger partial charge >= 0.3 is 0 Å². The van der Waals surface area contributed by atoms with Crippen LogP contribution in [0, 0.1) is 0 Å². The number of hydrogen-bond donors (Lipinski definition) is 2. The molecule has 0 spiro atoms. The number of phenols is 1. The molecule has 0 bridgehead atoms. The molecule has 3 aromatic rings. The minimum absolute atomic E-state index is 0.0172. The Labute approximate surface area is 131 Å². The molecule has 4 heteroatoms. The van der Waals surface area contributed by atoms with E-state index < -0.39 is 12.4 Å². The molecule has 3 aromatic carbocycles. The second-order valence-corrected chi connectivity index (χ2v) is 5.48. The lowest BCUT2D eigenvalue weighted by Gasteiger charge is -2.22. The van der Waals surface area contributed by atoms with Crippen molar-refractivity contribution in [1.82, 2.24) is 0 Å². The standard InChI is InChI=1S/C19H12O4/c20-9-14-10-5-1-2-6-11(10)15-16(19(14)23)18(22)13-8-4-3-7-12(13)17(15)21/h1-8,20,23H,9H2. The molecule has 4 rings (SSSR count). The lowest BCUT2D eigenvalue weighted by Crippen LogP contribution is -2.22. The summed E-state index contributed by atoms with van der Waals surface area (Å²) in [7, 11) is 0. The highest BCUT2D eigenvalue weighted by atomic mass is 16.3. The number of aliphatic hydroxyl groups is 1. The summed E-state index contributed by atoms with van der Waals surface area (Å²) in [5.41, 5.74) is 1.07. The topological polar surface area (TPSA) is 74.6 Å². The number of aromatic hydroxyl groups is 1. The molecular formula is C19H12O4. The molecule has 0 unspecified atom stereocenters. The van der Waals surface area contributed by atoms with E-state index in [4.69, 9.17) is 0 Å². The average Bonchev–Trinajstić information content (AvgIpc) is 2.59. The third-order valence-corrected chi connectivity index (χ3v) is 4.32. The van der Waals surface area contributed by atoms with Crippen molar-refractivity contribution in [2.75, 3.05) is 0 Å². The van der Waals surface area contributed by atoms with Crippen molar-refractivity contribution in [3.63, 3.8) is 0 Å². The number of hydrogen-bond acceptors (Lipinski definition) is 4. The summed E-state index contributed by atoms with van der Waals surface area (Å²) in [6.45, 7) is -0.414. The number of carbonyl (C=O) groups excluding carboxylic acids is 2. The minimum Gasteiger partial charge on any atom is -0.507 e. The van der Waals surface area contributed by atoms with Gasteiger partial charge in [-0.3, -0.25) is 9.59 Å². The van der Waals surface area contributed by atoms with Crippen LogP contribution in [-0.4, -0.2) is 21.8 Å². The van der Waals surface area contributed by atoms with Gasteiger partial charge in [-0.2, -0.15) is 0 Å². The van der Waals surface area contributed by atoms with Crippen LogP contribution in [0.5, 0.6) is 5.75 Å². The summed E-state index contributed by atoms with van der Waals surface area (Å²) in [6.07, 6.45) is 0. The molecule has 2 N–H and O–H groups in total. The van der Waals surface area contributed by atoms with E-state index in [9.17, 15) is 19.8 Å². The molecule has 0 aromatic heterocycles. The van der Waals surface area contributed by atoms with Gasteiger partial charge in [0.05, 0.1) is 12.2 Å². The van der Waals surface area contributed by atoms with Gasteiger partial charge < -0.3 is 10.2 Å². The van der Waals surface area contributed by atoms with Crippen LogP contribution in [0.1, 0.15) is 37.4 Å². The van der Waals surface area contributed by atoms with Crippen molar-refractivity contribution in [1.29, 1.82) is 0 Å². The highest BCUT2D eigenvalue weighted by Crippen LogP contribution is 2.40. The lowest BCUT2D eigenvalue weighted by atomic mass is 9.80. The lowest BCUT2D eigenvalue weighted by molar-refractivity contribution is 0.0977. The zero-order valence-electron chi connectivity index (χ0n) is 12.0. The maximum absolute atomic E-state index is 12.9. The molecule has 4 nitrogen and oxygen atoms in total. The van der Waals surface area contributed by atoms with Crippen LogP contribution in [0.3, 0.4) is 0 Å². The third kappa shape index (κ3) is 1.69. The summed E-state index contributed by atoms with van der Waals surface area (Å²) in [6, 6.07) is 13.6. The Morgan fingerprint density at radius 1 is 0.739 bits per heavy atom. The van der Waals surface area contributed by atoms with E-state index in [1.54, 1.807) is 48.5 Å². The van der Waals surface area contributed by atoms with Gasteiger partial charge in [-0.15, -0.1) is 0 Å². The Morgan fingerprint density at radius 3 is 1.87 bits per heavy atom. The Morgan fingerprint density at radius 2 is 1.26 bits per heavy atom. The molecule has 0 saturated heterocycles. The fourth-order valence-electron chi connectivity index (χ4n) is 3.26. The maximum Gasteiger partial charge on any atom is 0.198 e. The van der Waals surface area contributed by atoms with E-state index in [0.29, 0.717) is 16.3 Å². The quantitative estimate of drug-likeness (QED) is 0.567. The molecule has 1 aliphatic rings. The summed E-state index contributed by atoms with van der Waals surface area (Å²) in [5, 5.41) is 21.3. The summed E-state index contributed by atoms with van der Waals surface area (Å²) < 4.78 is 0. The first-order valence-corrected chi connectivity index (χ1v) is 7.21. The van der Waals surface area contributed by atoms with Crippen molar-refractivity contribution in [3.8, 4) is 5.75 Å². The molecule has 1 aliphatic carbocycles. The van der Waals surface area contributed by atoms with Crippen LogP contribution in [0.2, 0.25) is 0 Å². The zero-order valence-corrected chi connectivity index (χ0v) is 12.0. The van der Waals surface area contributed by atoms with Gasteiger partial charge in [0.15, 0.2) is 11.6 Å². The van der Waals surface area contributed by atoms with Crippen LogP contribution >= 0.6 is 0 Å². The summed E-state index contributed by atoms with van der Waals surface area (Å²) in [5.74, 6) is -0.992. The van der Waals surface area contributed by atoms with Gasteiger partial charge in [-0.25, -0.2) is 0 Å². The Bertz CT molecular complexity index is 1000. The molecule has 0 fully saturated rings. The molecule has 0 heterocycles. The highest BCUT2D eigenvalue weighted by Gasteiger charge is 2.34. The van der Waals surface area contributed by atoms with Gasteiger partial charge in [0, 0.05) is 22.3 Å². The largest absolute Gasteiger partial charge is 0.507 e. The second kappa shape index (κ2) is 4.76. The van der Waals surface area contributed by atoms with E-state index >= 15 is 0 Å². The van der Waals surface area contributed by atoms with Crippen LogP contribution in [0.25, 0.3) is 10.8 Å². The molecule has 23 heavy (non-hydrogen) atoms. The molecule has 0 atom stereocenters. The SMILES string of the molecule is O=C1c2ccccc2C(=O)c2c1c(O)c(CO)c1ccccc21. The Balaban J connectivity index is 2.21. The van der Waals surface area contributed by atoms with Crippen molar-refractivity contribution in [2.45, 2.75) is 6.61 Å². The minimum atomic E-state index is -0.414. The van der Waals surface area contributed by atoms with Gasteiger partial charge in [0.1, 0.15) is 5.75 Å². The van der Waals surface area contributed by atoms with Gasteiger partial charge in [-0.1, -0.05) is 48.5 Å². The normalized spacial score (nSPS) is 13.1. The van der Waals surface area contributed by atoms with Crippen molar-refractivity contribution < 1.29 is 19.8 Å². The second-order valence-electron chi connectivity index (χ2n) is 5.48. The number of carbonyl (C=O) groups is 2. The van der Waals surface area contributed by atoms with Crippen LogP contribution < -0.4 is 0 Å². The molecule has 112 valence electrons. The van der Waals surface area contributed by atoms with Crippen molar-refractivity contribution in [3.05, 3.63) is 76.3 Å². The molecule has 0 aliphatic heterocycles. The van der Waals surface area contributed by atoms with E-state index in [0.717, 1.165) is 0 Å². The van der Waals surface area contributed by atoms with Gasteiger partial charge in [0.2, 0.25) is 0 Å². The van der Waals surface area contributed by atoms with Crippen LogP contribution in [0.4, 0.5) is 0 Å². The fourth-order valence-corrected chi connectivity index (χ4v) is 3.26. The highest BCUT2D eigenvalue weighted by molar-refractivity contribution is 6.33. The zero-order chi connectivity index (χ0) is 16.1. The Kier molecular flexibility index (Phi) is 2.83. The van der Waals surface area contributed by atoms with E-state index in [2.05, 4.69) is 0 Å². The molecule has 0 radical (unpaired) electrons. The van der Waals surface area contributed by atoms with E-state index in [1.165, 1.54) is 0 Å². The third-order valence-electron chi connectivity index (χ3n) is 4.32. The van der Waals surface area contributed by atoms with Crippen LogP contribution in [0.15, 0.2) is 48.5 Å². The van der Waals surface area contributed by atoms with E-state index in [1.807, 2.05) is 0 Å². The van der Waals surface area contributed by atoms with Crippen molar-refractivity contribution in [2.24, 2.45) is 0 Å². The number of aliphatic hydroxyl groups excluding tert-OH is 1. The molecule has 0 saturated carbocycles. The molecule has 0 amide bonds. The van der Waals surface area contributed by atoms with Gasteiger partial charge in [-0.05, 0) is 10.8 Å². The smallest absolute Gasteiger partial charge is 0.198 e. The number of benzene rings is 3. The monoisotopic (exact) mass is 304 g/mol. The predicted octanol–water partition coefficient (Wildman–Crippen LogP) is 2.81. The van der Waals surface area contributed by atoms with Crippen molar-refractivity contribution >= 4 is 22.3 Å². The van der Waals surface area contributed by atoms with Gasteiger partial charge in [0.25, 0.3) is 0 Å². The summed E-state index contributed by atoms with van der Waals surface area (Å²) >= 11 is 0. The Hall–Kier alpha value is -2.98. The predicted molar refractivity (Wildman–Crippen MR) is 84.8 cm³/mol. The van der Waals surface area contributed by atoms with E-state index in [-0.39, 0.29) is 33.8 Å². The first-order chi connectivity index (χ1) is 11.1. The maximum atomic E-state index is 12.9. The molecular weight excluding hydrogens is 292 g/mol. The fraction of sp³-hybridized carbons (Fsp3) is 0.0526. The number of rotatable bonds is 1.